The number of nitrogens with zero attached hydrogens (tertiary/aromatic N) is 4. The smallest absolute Gasteiger partial charge is 0.287 e. The highest BCUT2D eigenvalue weighted by Gasteiger charge is 2.31. The van der Waals surface area contributed by atoms with Crippen LogP contribution < -0.4 is 10.5 Å². The van der Waals surface area contributed by atoms with Crippen LogP contribution in [0.2, 0.25) is 5.02 Å². The van der Waals surface area contributed by atoms with Crippen molar-refractivity contribution < 1.29 is 0 Å². The molecule has 0 spiro atoms. The van der Waals surface area contributed by atoms with Crippen molar-refractivity contribution in [3.05, 3.63) is 51.7 Å². The molecule has 3 heterocycles. The van der Waals surface area contributed by atoms with Gasteiger partial charge < -0.3 is 9.88 Å². The fourth-order valence-corrected chi connectivity index (χ4v) is 3.45. The topological polar surface area (TPSA) is 66.8 Å². The quantitative estimate of drug-likeness (QED) is 0.785. The van der Waals surface area contributed by atoms with Crippen LogP contribution in [0, 0.1) is 0 Å². The van der Waals surface area contributed by atoms with E-state index >= 15 is 0 Å². The molecule has 1 N–H and O–H groups in total. The first-order valence-corrected chi connectivity index (χ1v) is 7.96. The van der Waals surface area contributed by atoms with Gasteiger partial charge in [-0.1, -0.05) is 23.7 Å². The summed E-state index contributed by atoms with van der Waals surface area (Å²) < 4.78 is 1.25. The van der Waals surface area contributed by atoms with Crippen LogP contribution in [0.1, 0.15) is 24.7 Å². The van der Waals surface area contributed by atoms with E-state index in [1.165, 1.54) is 4.68 Å². The van der Waals surface area contributed by atoms with Gasteiger partial charge in [0, 0.05) is 13.6 Å². The lowest BCUT2D eigenvalue weighted by Gasteiger charge is -2.25. The second kappa shape index (κ2) is 5.38. The molecule has 1 aliphatic rings. The van der Waals surface area contributed by atoms with Crippen LogP contribution in [0.3, 0.4) is 0 Å². The van der Waals surface area contributed by atoms with E-state index in [0.29, 0.717) is 5.69 Å². The Hall–Kier alpha value is -2.34. The van der Waals surface area contributed by atoms with Gasteiger partial charge in [0.15, 0.2) is 0 Å². The van der Waals surface area contributed by atoms with E-state index in [9.17, 15) is 4.79 Å². The van der Waals surface area contributed by atoms with Crippen LogP contribution in [0.5, 0.6) is 0 Å². The van der Waals surface area contributed by atoms with Crippen molar-refractivity contribution >= 4 is 28.3 Å². The molecule has 7 heteroatoms. The van der Waals surface area contributed by atoms with Crippen molar-refractivity contribution in [2.75, 3.05) is 11.4 Å². The maximum Gasteiger partial charge on any atom is 0.287 e. The SMILES string of the molecule is Cn1ncc(N2CCC[C@@H]2c2nc3ccccc3[nH]2)c(Cl)c1=O. The zero-order valence-corrected chi connectivity index (χ0v) is 13.4. The molecule has 4 rings (SSSR count). The summed E-state index contributed by atoms with van der Waals surface area (Å²) in [5.74, 6) is 0.903. The minimum absolute atomic E-state index is 0.0776. The minimum atomic E-state index is -0.278. The largest absolute Gasteiger partial charge is 0.359 e. The Balaban J connectivity index is 1.77. The zero-order chi connectivity index (χ0) is 16.0. The number of anilines is 1. The summed E-state index contributed by atoms with van der Waals surface area (Å²) in [5.41, 5.74) is 2.36. The second-order valence-electron chi connectivity index (χ2n) is 5.76. The third kappa shape index (κ3) is 2.30. The number of hydrogen-bond acceptors (Lipinski definition) is 4. The number of rotatable bonds is 2. The van der Waals surface area contributed by atoms with E-state index in [1.54, 1.807) is 13.2 Å². The van der Waals surface area contributed by atoms with Gasteiger partial charge in [-0.25, -0.2) is 9.67 Å². The molecule has 118 valence electrons. The number of halogens is 1. The third-order valence-electron chi connectivity index (χ3n) is 4.35. The molecule has 3 aromatic rings. The minimum Gasteiger partial charge on any atom is -0.359 e. The van der Waals surface area contributed by atoms with Gasteiger partial charge in [0.2, 0.25) is 0 Å². The Labute approximate surface area is 137 Å². The summed E-state index contributed by atoms with van der Waals surface area (Å²) in [7, 11) is 1.60. The fraction of sp³-hybridized carbons (Fsp3) is 0.312. The molecule has 1 saturated heterocycles. The molecule has 1 fully saturated rings. The molecule has 0 bridgehead atoms. The number of benzene rings is 1. The molecule has 0 radical (unpaired) electrons. The molecule has 1 aromatic carbocycles. The van der Waals surface area contributed by atoms with Gasteiger partial charge in [-0.2, -0.15) is 5.10 Å². The number of fused-ring (bicyclic) bond motifs is 1. The predicted octanol–water partition coefficient (Wildman–Crippen LogP) is 2.65. The van der Waals surface area contributed by atoms with Gasteiger partial charge in [-0.15, -0.1) is 0 Å². The molecule has 0 saturated carbocycles. The van der Waals surface area contributed by atoms with Gasteiger partial charge in [0.05, 0.1) is 29.0 Å². The van der Waals surface area contributed by atoms with Crippen molar-refractivity contribution in [3.63, 3.8) is 0 Å². The van der Waals surface area contributed by atoms with Crippen molar-refractivity contribution in [3.8, 4) is 0 Å². The summed E-state index contributed by atoms with van der Waals surface area (Å²) in [6, 6.07) is 8.03. The molecule has 1 atom stereocenters. The highest BCUT2D eigenvalue weighted by Crippen LogP contribution is 2.37. The highest BCUT2D eigenvalue weighted by atomic mass is 35.5. The van der Waals surface area contributed by atoms with E-state index in [0.717, 1.165) is 36.2 Å². The van der Waals surface area contributed by atoms with Gasteiger partial charge in [0.1, 0.15) is 10.8 Å². The summed E-state index contributed by atoms with van der Waals surface area (Å²) in [4.78, 5) is 22.2. The maximum absolute atomic E-state index is 12.0. The number of aryl methyl sites for hydroxylation is 1. The van der Waals surface area contributed by atoms with Crippen LogP contribution in [0.4, 0.5) is 5.69 Å². The van der Waals surface area contributed by atoms with E-state index in [1.807, 2.05) is 24.3 Å². The maximum atomic E-state index is 12.0. The average Bonchev–Trinajstić information content (AvgIpc) is 3.18. The van der Waals surface area contributed by atoms with Crippen LogP contribution in [-0.2, 0) is 7.05 Å². The molecule has 6 nitrogen and oxygen atoms in total. The normalized spacial score (nSPS) is 18.0. The Kier molecular flexibility index (Phi) is 3.34. The molecule has 0 aliphatic carbocycles. The zero-order valence-electron chi connectivity index (χ0n) is 12.7. The number of nitrogens with one attached hydrogen (secondary N) is 1. The first-order valence-electron chi connectivity index (χ1n) is 7.58. The van der Waals surface area contributed by atoms with E-state index in [-0.39, 0.29) is 16.6 Å². The Morgan fingerprint density at radius 1 is 1.35 bits per heavy atom. The van der Waals surface area contributed by atoms with E-state index in [2.05, 4.69) is 15.0 Å². The average molecular weight is 330 g/mol. The number of aromatic nitrogens is 4. The van der Waals surface area contributed by atoms with E-state index < -0.39 is 0 Å². The number of para-hydroxylation sites is 2. The van der Waals surface area contributed by atoms with Crippen LogP contribution >= 0.6 is 11.6 Å². The molecule has 0 unspecified atom stereocenters. The second-order valence-corrected chi connectivity index (χ2v) is 6.14. The Morgan fingerprint density at radius 2 is 2.17 bits per heavy atom. The summed E-state index contributed by atoms with van der Waals surface area (Å²) in [6.45, 7) is 0.830. The van der Waals surface area contributed by atoms with Gasteiger partial charge in [-0.3, -0.25) is 4.79 Å². The molecule has 2 aromatic heterocycles. The fourth-order valence-electron chi connectivity index (χ4n) is 3.17. The van der Waals surface area contributed by atoms with Gasteiger partial charge in [-0.05, 0) is 25.0 Å². The monoisotopic (exact) mass is 329 g/mol. The Bertz CT molecular complexity index is 899. The van der Waals surface area contributed by atoms with Crippen molar-refractivity contribution in [2.24, 2.45) is 7.05 Å². The van der Waals surface area contributed by atoms with Crippen molar-refractivity contribution in [1.29, 1.82) is 0 Å². The highest BCUT2D eigenvalue weighted by molar-refractivity contribution is 6.33. The molecule has 1 aliphatic heterocycles. The summed E-state index contributed by atoms with van der Waals surface area (Å²) in [5, 5.41) is 4.32. The number of hydrogen-bond donors (Lipinski definition) is 1. The first-order chi connectivity index (χ1) is 11.1. The molecule has 0 amide bonds. The van der Waals surface area contributed by atoms with Crippen molar-refractivity contribution in [1.82, 2.24) is 19.7 Å². The summed E-state index contributed by atoms with van der Waals surface area (Å²) in [6.07, 6.45) is 3.64. The third-order valence-corrected chi connectivity index (χ3v) is 4.70. The lowest BCUT2D eigenvalue weighted by atomic mass is 10.2. The van der Waals surface area contributed by atoms with E-state index in [4.69, 9.17) is 16.6 Å². The summed E-state index contributed by atoms with van der Waals surface area (Å²) >= 11 is 6.26. The number of imidazole rings is 1. The van der Waals surface area contributed by atoms with Crippen LogP contribution in [0.15, 0.2) is 35.3 Å². The van der Waals surface area contributed by atoms with Crippen LogP contribution in [0.25, 0.3) is 11.0 Å². The number of H-pyrrole nitrogens is 1. The lowest BCUT2D eigenvalue weighted by molar-refractivity contribution is 0.664. The van der Waals surface area contributed by atoms with Crippen molar-refractivity contribution in [2.45, 2.75) is 18.9 Å². The standard InChI is InChI=1S/C16H16ClN5O/c1-21-16(23)14(17)13(9-18-21)22-8-4-7-12(22)15-19-10-5-2-3-6-11(10)20-15/h2-3,5-6,9,12H,4,7-8H2,1H3,(H,19,20)/t12-/m1/s1. The first kappa shape index (κ1) is 14.3. The van der Waals surface area contributed by atoms with Crippen LogP contribution in [-0.4, -0.2) is 26.3 Å². The van der Waals surface area contributed by atoms with Gasteiger partial charge >= 0.3 is 0 Å². The van der Waals surface area contributed by atoms with Gasteiger partial charge in [0.25, 0.3) is 5.56 Å². The molecular weight excluding hydrogens is 314 g/mol. The molecule has 23 heavy (non-hydrogen) atoms. The molecular formula is C16H16ClN5O. The number of aromatic amines is 1. The Morgan fingerprint density at radius 3 is 3.00 bits per heavy atom. The lowest BCUT2D eigenvalue weighted by Crippen LogP contribution is -2.28. The predicted molar refractivity (Wildman–Crippen MR) is 89.9 cm³/mol.